The van der Waals surface area contributed by atoms with Gasteiger partial charge in [-0.2, -0.15) is 0 Å². The van der Waals surface area contributed by atoms with Crippen LogP contribution in [0.4, 0.5) is 19.3 Å². The summed E-state index contributed by atoms with van der Waals surface area (Å²) in [5.41, 5.74) is 0.255. The van der Waals surface area contributed by atoms with Crippen molar-refractivity contribution in [3.8, 4) is 0 Å². The Balaban J connectivity index is 1.93. The van der Waals surface area contributed by atoms with Gasteiger partial charge in [-0.1, -0.05) is 0 Å². The number of carbonyl (C=O) groups is 1. The first-order chi connectivity index (χ1) is 8.56. The summed E-state index contributed by atoms with van der Waals surface area (Å²) in [6.45, 7) is 0.853. The van der Waals surface area contributed by atoms with E-state index >= 15 is 0 Å². The summed E-state index contributed by atoms with van der Waals surface area (Å²) in [4.78, 5) is 12.0. The Morgan fingerprint density at radius 3 is 2.56 bits per heavy atom. The van der Waals surface area contributed by atoms with Crippen LogP contribution in [0.3, 0.4) is 0 Å². The van der Waals surface area contributed by atoms with E-state index in [0.717, 1.165) is 6.07 Å². The first-order valence-corrected chi connectivity index (χ1v) is 5.75. The molecule has 1 saturated heterocycles. The molecule has 1 aromatic carbocycles. The second-order valence-electron chi connectivity index (χ2n) is 4.31. The number of amides is 1. The molecule has 6 heteroatoms. The highest BCUT2D eigenvalue weighted by molar-refractivity contribution is 5.65. The van der Waals surface area contributed by atoms with E-state index in [1.54, 1.807) is 0 Å². The number of nitrogens with one attached hydrogen (secondary N) is 1. The molecule has 1 fully saturated rings. The first-order valence-electron chi connectivity index (χ1n) is 5.75. The SMILES string of the molecule is O=C(O)N1CCC(Nc2ccc(F)cc2F)CC1. The van der Waals surface area contributed by atoms with Crippen molar-refractivity contribution in [2.75, 3.05) is 18.4 Å². The van der Waals surface area contributed by atoms with Gasteiger partial charge in [0.15, 0.2) is 0 Å². The summed E-state index contributed by atoms with van der Waals surface area (Å²) in [5.74, 6) is -1.24. The van der Waals surface area contributed by atoms with Crippen LogP contribution in [0.15, 0.2) is 18.2 Å². The smallest absolute Gasteiger partial charge is 0.407 e. The minimum Gasteiger partial charge on any atom is -0.465 e. The number of hydrogen-bond acceptors (Lipinski definition) is 2. The maximum Gasteiger partial charge on any atom is 0.407 e. The van der Waals surface area contributed by atoms with Gasteiger partial charge in [0.25, 0.3) is 0 Å². The predicted molar refractivity (Wildman–Crippen MR) is 62.6 cm³/mol. The highest BCUT2D eigenvalue weighted by atomic mass is 19.1. The van der Waals surface area contributed by atoms with Crippen molar-refractivity contribution >= 4 is 11.8 Å². The van der Waals surface area contributed by atoms with E-state index in [1.807, 2.05) is 0 Å². The third-order valence-corrected chi connectivity index (χ3v) is 3.06. The molecule has 0 bridgehead atoms. The van der Waals surface area contributed by atoms with Crippen molar-refractivity contribution < 1.29 is 18.7 Å². The van der Waals surface area contributed by atoms with E-state index in [9.17, 15) is 13.6 Å². The Hall–Kier alpha value is -1.85. The third kappa shape index (κ3) is 2.88. The highest BCUT2D eigenvalue weighted by Crippen LogP contribution is 2.20. The van der Waals surface area contributed by atoms with Gasteiger partial charge in [0.1, 0.15) is 11.6 Å². The van der Waals surface area contributed by atoms with Crippen LogP contribution in [-0.2, 0) is 0 Å². The lowest BCUT2D eigenvalue weighted by atomic mass is 10.0. The van der Waals surface area contributed by atoms with Gasteiger partial charge in [0.2, 0.25) is 0 Å². The van der Waals surface area contributed by atoms with Crippen LogP contribution < -0.4 is 5.32 Å². The Morgan fingerprint density at radius 1 is 1.33 bits per heavy atom. The van der Waals surface area contributed by atoms with E-state index in [0.29, 0.717) is 25.9 Å². The summed E-state index contributed by atoms with van der Waals surface area (Å²) < 4.78 is 26.1. The number of benzene rings is 1. The Labute approximate surface area is 103 Å². The fourth-order valence-electron chi connectivity index (χ4n) is 2.04. The standard InChI is InChI=1S/C12H14F2N2O2/c13-8-1-2-11(10(14)7-8)15-9-3-5-16(6-4-9)12(17)18/h1-2,7,9,15H,3-6H2,(H,17,18). The van der Waals surface area contributed by atoms with Crippen LogP contribution in [0.5, 0.6) is 0 Å². The Morgan fingerprint density at radius 2 is 2.00 bits per heavy atom. The molecule has 0 spiro atoms. The molecule has 0 aliphatic carbocycles. The maximum atomic E-state index is 13.4. The molecule has 1 aliphatic rings. The first kappa shape index (κ1) is 12.6. The molecule has 1 aliphatic heterocycles. The molecule has 0 saturated carbocycles. The average Bonchev–Trinajstić information content (AvgIpc) is 2.33. The molecular weight excluding hydrogens is 242 g/mol. The van der Waals surface area contributed by atoms with Gasteiger partial charge in [-0.3, -0.25) is 0 Å². The summed E-state index contributed by atoms with van der Waals surface area (Å²) in [7, 11) is 0. The number of nitrogens with zero attached hydrogens (tertiary/aromatic N) is 1. The van der Waals surface area contributed by atoms with E-state index in [4.69, 9.17) is 5.11 Å². The lowest BCUT2D eigenvalue weighted by Crippen LogP contribution is -2.41. The summed E-state index contributed by atoms with van der Waals surface area (Å²) in [6.07, 6.45) is 0.299. The molecule has 18 heavy (non-hydrogen) atoms. The lowest BCUT2D eigenvalue weighted by Gasteiger charge is -2.31. The summed E-state index contributed by atoms with van der Waals surface area (Å²) >= 11 is 0. The van der Waals surface area contributed by atoms with Crippen LogP contribution >= 0.6 is 0 Å². The lowest BCUT2D eigenvalue weighted by molar-refractivity contribution is 0.133. The summed E-state index contributed by atoms with van der Waals surface area (Å²) in [6, 6.07) is 3.39. The van der Waals surface area contributed by atoms with Crippen molar-refractivity contribution in [3.63, 3.8) is 0 Å². The number of piperidine rings is 1. The topological polar surface area (TPSA) is 52.6 Å². The van der Waals surface area contributed by atoms with Gasteiger partial charge < -0.3 is 15.3 Å². The third-order valence-electron chi connectivity index (χ3n) is 3.06. The number of likely N-dealkylation sites (tertiary alicyclic amines) is 1. The van der Waals surface area contributed by atoms with E-state index < -0.39 is 17.7 Å². The fourth-order valence-corrected chi connectivity index (χ4v) is 2.04. The fraction of sp³-hybridized carbons (Fsp3) is 0.417. The molecule has 98 valence electrons. The monoisotopic (exact) mass is 256 g/mol. The molecule has 0 atom stereocenters. The Bertz CT molecular complexity index is 446. The molecule has 0 unspecified atom stereocenters. The molecule has 4 nitrogen and oxygen atoms in total. The summed E-state index contributed by atoms with van der Waals surface area (Å²) in [5, 5.41) is 11.8. The second-order valence-corrected chi connectivity index (χ2v) is 4.31. The van der Waals surface area contributed by atoms with Gasteiger partial charge in [-0.05, 0) is 25.0 Å². The maximum absolute atomic E-state index is 13.4. The Kier molecular flexibility index (Phi) is 3.64. The van der Waals surface area contributed by atoms with Gasteiger partial charge >= 0.3 is 6.09 Å². The predicted octanol–water partition coefficient (Wildman–Crippen LogP) is 2.52. The van der Waals surface area contributed by atoms with E-state index in [2.05, 4.69) is 5.32 Å². The van der Waals surface area contributed by atoms with Crippen molar-refractivity contribution in [1.82, 2.24) is 4.90 Å². The molecule has 2 rings (SSSR count). The van der Waals surface area contributed by atoms with Crippen LogP contribution in [0, 0.1) is 11.6 Å². The minimum absolute atomic E-state index is 0.0144. The van der Waals surface area contributed by atoms with Crippen LogP contribution in [0.2, 0.25) is 0 Å². The van der Waals surface area contributed by atoms with Crippen molar-refractivity contribution in [3.05, 3.63) is 29.8 Å². The number of rotatable bonds is 2. The molecule has 2 N–H and O–H groups in total. The highest BCUT2D eigenvalue weighted by Gasteiger charge is 2.22. The zero-order valence-electron chi connectivity index (χ0n) is 9.70. The van der Waals surface area contributed by atoms with E-state index in [-0.39, 0.29) is 11.7 Å². The molecular formula is C12H14F2N2O2. The van der Waals surface area contributed by atoms with Gasteiger partial charge in [-0.15, -0.1) is 0 Å². The number of carboxylic acid groups (broad SMARTS) is 1. The zero-order chi connectivity index (χ0) is 13.1. The van der Waals surface area contributed by atoms with Crippen molar-refractivity contribution in [2.45, 2.75) is 18.9 Å². The molecule has 1 heterocycles. The molecule has 0 radical (unpaired) electrons. The molecule has 1 amide bonds. The van der Waals surface area contributed by atoms with Crippen LogP contribution in [0.1, 0.15) is 12.8 Å². The van der Waals surface area contributed by atoms with Crippen molar-refractivity contribution in [2.24, 2.45) is 0 Å². The minimum atomic E-state index is -0.929. The van der Waals surface area contributed by atoms with E-state index in [1.165, 1.54) is 17.0 Å². The van der Waals surface area contributed by atoms with Gasteiger partial charge in [0, 0.05) is 25.2 Å². The van der Waals surface area contributed by atoms with Crippen LogP contribution in [-0.4, -0.2) is 35.2 Å². The van der Waals surface area contributed by atoms with Crippen molar-refractivity contribution in [1.29, 1.82) is 0 Å². The number of anilines is 1. The zero-order valence-corrected chi connectivity index (χ0v) is 9.70. The van der Waals surface area contributed by atoms with Crippen LogP contribution in [0.25, 0.3) is 0 Å². The second kappa shape index (κ2) is 5.20. The van der Waals surface area contributed by atoms with Gasteiger partial charge in [-0.25, -0.2) is 13.6 Å². The largest absolute Gasteiger partial charge is 0.465 e. The van der Waals surface area contributed by atoms with Gasteiger partial charge in [0.05, 0.1) is 5.69 Å². The normalized spacial score (nSPS) is 16.7. The molecule has 0 aromatic heterocycles. The molecule has 1 aromatic rings. The number of hydrogen-bond donors (Lipinski definition) is 2. The number of halogens is 2. The average molecular weight is 256 g/mol. The quantitative estimate of drug-likeness (QED) is 0.854.